The summed E-state index contributed by atoms with van der Waals surface area (Å²) in [5, 5.41) is 23.1. The average molecular weight is 485 g/mol. The third kappa shape index (κ3) is 8.84. The van der Waals surface area contributed by atoms with E-state index in [1.165, 1.54) is 0 Å². The fourth-order valence-corrected chi connectivity index (χ4v) is 7.13. The predicted octanol–water partition coefficient (Wildman–Crippen LogP) is 1.27. The van der Waals surface area contributed by atoms with Crippen LogP contribution in [0.3, 0.4) is 0 Å². The summed E-state index contributed by atoms with van der Waals surface area (Å²) >= 11 is 11.2. The van der Waals surface area contributed by atoms with Crippen molar-refractivity contribution in [1.82, 2.24) is 19.5 Å². The fourth-order valence-electron chi connectivity index (χ4n) is 2.57. The van der Waals surface area contributed by atoms with Gasteiger partial charge < -0.3 is 19.3 Å². The van der Waals surface area contributed by atoms with Crippen molar-refractivity contribution in [3.8, 4) is 0 Å². The first-order chi connectivity index (χ1) is 13.5. The summed E-state index contributed by atoms with van der Waals surface area (Å²) in [6.45, 7) is 4.15. The Morgan fingerprint density at radius 1 is 1.11 bits per heavy atom. The van der Waals surface area contributed by atoms with Crippen LogP contribution < -0.4 is 10.2 Å². The zero-order chi connectivity index (χ0) is 20.9. The van der Waals surface area contributed by atoms with Gasteiger partial charge >= 0.3 is 15.3 Å². The number of hydrogen-bond acceptors (Lipinski definition) is 6. The molecule has 0 aliphatic carbocycles. The summed E-state index contributed by atoms with van der Waals surface area (Å²) in [6.07, 6.45) is 1.43. The van der Waals surface area contributed by atoms with E-state index in [0.717, 1.165) is 6.42 Å². The van der Waals surface area contributed by atoms with Gasteiger partial charge in [-0.1, -0.05) is 0 Å². The van der Waals surface area contributed by atoms with E-state index >= 15 is 0 Å². The molecule has 14 heteroatoms. The van der Waals surface area contributed by atoms with E-state index in [4.69, 9.17) is 42.5 Å². The van der Waals surface area contributed by atoms with Crippen molar-refractivity contribution in [2.24, 2.45) is 0 Å². The molecule has 2 fully saturated rings. The molecule has 168 valence electrons. The zero-order valence-corrected chi connectivity index (χ0v) is 19.3. The highest BCUT2D eigenvalue weighted by Crippen LogP contribution is 2.50. The molecule has 2 unspecified atom stereocenters. The van der Waals surface area contributed by atoms with Crippen LogP contribution in [0.1, 0.15) is 12.8 Å². The highest BCUT2D eigenvalue weighted by molar-refractivity contribution is 7.54. The lowest BCUT2D eigenvalue weighted by atomic mass is 10.5. The standard InChI is InChI=1S/2C7H16ClN2O3P/c8-2-4-10(5-6-11)14(12)9-3-1-7-13-14;8-2-4-10-5-7-13-14(10,12)9-3-1-6-11/h2*11H,1-7H2,(H,9,12). The van der Waals surface area contributed by atoms with Gasteiger partial charge in [-0.2, -0.15) is 0 Å². The molecule has 28 heavy (non-hydrogen) atoms. The Kier molecular flexibility index (Phi) is 14.0. The Bertz CT molecular complexity index is 506. The Labute approximate surface area is 176 Å². The molecule has 2 aliphatic heterocycles. The molecule has 2 aliphatic rings. The van der Waals surface area contributed by atoms with Crippen LogP contribution in [-0.2, 0) is 18.2 Å². The third-order valence-electron chi connectivity index (χ3n) is 3.95. The van der Waals surface area contributed by atoms with E-state index < -0.39 is 15.3 Å². The molecule has 2 heterocycles. The summed E-state index contributed by atoms with van der Waals surface area (Å²) < 4.78 is 37.9. The van der Waals surface area contributed by atoms with E-state index in [-0.39, 0.29) is 13.2 Å². The van der Waals surface area contributed by atoms with Gasteiger partial charge in [-0.15, -0.1) is 23.2 Å². The number of aliphatic hydroxyl groups excluding tert-OH is 2. The molecule has 0 saturated carbocycles. The molecule has 2 saturated heterocycles. The molecular formula is C14H32Cl2N4O6P2. The molecule has 0 spiro atoms. The first-order valence-corrected chi connectivity index (χ1v) is 13.5. The van der Waals surface area contributed by atoms with E-state index in [1.807, 2.05) is 0 Å². The molecule has 10 nitrogen and oxygen atoms in total. The van der Waals surface area contributed by atoms with Gasteiger partial charge in [-0.3, -0.25) is 9.13 Å². The number of nitrogens with zero attached hydrogens (tertiary/aromatic N) is 2. The molecule has 0 bridgehead atoms. The van der Waals surface area contributed by atoms with Crippen LogP contribution in [0.4, 0.5) is 0 Å². The van der Waals surface area contributed by atoms with Crippen LogP contribution in [0, 0.1) is 0 Å². The lowest BCUT2D eigenvalue weighted by Crippen LogP contribution is -2.36. The lowest BCUT2D eigenvalue weighted by molar-refractivity contribution is 0.203. The largest absolute Gasteiger partial charge is 0.396 e. The Morgan fingerprint density at radius 3 is 2.46 bits per heavy atom. The highest BCUT2D eigenvalue weighted by Gasteiger charge is 2.36. The number of nitrogens with one attached hydrogen (secondary N) is 2. The summed E-state index contributed by atoms with van der Waals surface area (Å²) in [5.41, 5.74) is 0. The van der Waals surface area contributed by atoms with Gasteiger partial charge in [0.2, 0.25) is 0 Å². The maximum absolute atomic E-state index is 12.1. The van der Waals surface area contributed by atoms with Gasteiger partial charge in [-0.05, 0) is 12.8 Å². The predicted molar refractivity (Wildman–Crippen MR) is 111 cm³/mol. The number of aliphatic hydroxyl groups is 2. The minimum atomic E-state index is -2.92. The molecule has 0 amide bonds. The van der Waals surface area contributed by atoms with Crippen molar-refractivity contribution in [2.45, 2.75) is 12.8 Å². The SMILES string of the molecule is O=P1(N(CCO)CCCl)NCCCO1.O=P1(NCCCO)OCCN1CCCl. The normalized spacial score (nSPS) is 28.3. The van der Waals surface area contributed by atoms with Gasteiger partial charge in [0.1, 0.15) is 0 Å². The van der Waals surface area contributed by atoms with E-state index in [1.54, 1.807) is 9.34 Å². The molecule has 2 atom stereocenters. The van der Waals surface area contributed by atoms with E-state index in [2.05, 4.69) is 10.2 Å². The molecule has 0 radical (unpaired) electrons. The molecule has 4 N–H and O–H groups in total. The van der Waals surface area contributed by atoms with Crippen LogP contribution in [0.2, 0.25) is 0 Å². The van der Waals surface area contributed by atoms with Crippen molar-refractivity contribution in [3.05, 3.63) is 0 Å². The maximum Gasteiger partial charge on any atom is 0.343 e. The monoisotopic (exact) mass is 484 g/mol. The molecule has 0 aromatic heterocycles. The van der Waals surface area contributed by atoms with Crippen LogP contribution in [0.15, 0.2) is 0 Å². The Morgan fingerprint density at radius 2 is 1.89 bits per heavy atom. The molecular weight excluding hydrogens is 453 g/mol. The summed E-state index contributed by atoms with van der Waals surface area (Å²) in [5.74, 6) is 0.810. The quantitative estimate of drug-likeness (QED) is 0.193. The van der Waals surface area contributed by atoms with Crippen molar-refractivity contribution < 1.29 is 28.4 Å². The van der Waals surface area contributed by atoms with E-state index in [0.29, 0.717) is 70.7 Å². The van der Waals surface area contributed by atoms with Crippen LogP contribution in [0.5, 0.6) is 0 Å². The number of halogens is 2. The first kappa shape index (κ1) is 26.8. The number of hydrogen-bond donors (Lipinski definition) is 4. The van der Waals surface area contributed by atoms with Crippen molar-refractivity contribution >= 4 is 38.5 Å². The summed E-state index contributed by atoms with van der Waals surface area (Å²) in [4.78, 5) is 0. The second kappa shape index (κ2) is 14.7. The average Bonchev–Trinajstić information content (AvgIpc) is 3.04. The smallest absolute Gasteiger partial charge is 0.343 e. The second-order valence-corrected chi connectivity index (χ2v) is 11.1. The number of rotatable bonds is 11. The number of alkyl halides is 2. The molecule has 0 aromatic rings. The lowest BCUT2D eigenvalue weighted by Gasteiger charge is -2.33. The van der Waals surface area contributed by atoms with Crippen LogP contribution in [-0.4, -0.2) is 97.0 Å². The summed E-state index contributed by atoms with van der Waals surface area (Å²) in [7, 11) is -5.76. The minimum absolute atomic E-state index is 0.0497. The molecule has 2 rings (SSSR count). The highest BCUT2D eigenvalue weighted by atomic mass is 35.5. The van der Waals surface area contributed by atoms with Gasteiger partial charge in [0.15, 0.2) is 0 Å². The Hall–Kier alpha value is 0.720. The maximum atomic E-state index is 12.1. The first-order valence-electron chi connectivity index (χ1n) is 9.29. The zero-order valence-electron chi connectivity index (χ0n) is 16.0. The van der Waals surface area contributed by atoms with Gasteiger partial charge in [-0.25, -0.2) is 19.5 Å². The summed E-state index contributed by atoms with van der Waals surface area (Å²) in [6, 6.07) is 0. The van der Waals surface area contributed by atoms with Crippen LogP contribution >= 0.6 is 38.5 Å². The third-order valence-corrected chi connectivity index (χ3v) is 8.89. The van der Waals surface area contributed by atoms with Crippen molar-refractivity contribution in [2.75, 3.05) is 77.5 Å². The van der Waals surface area contributed by atoms with Gasteiger partial charge in [0.05, 0.1) is 19.8 Å². The van der Waals surface area contributed by atoms with Crippen molar-refractivity contribution in [3.63, 3.8) is 0 Å². The fraction of sp³-hybridized carbons (Fsp3) is 1.00. The van der Waals surface area contributed by atoms with Crippen LogP contribution in [0.25, 0.3) is 0 Å². The van der Waals surface area contributed by atoms with Crippen molar-refractivity contribution in [1.29, 1.82) is 0 Å². The second-order valence-electron chi connectivity index (χ2n) is 5.96. The van der Waals surface area contributed by atoms with Gasteiger partial charge in [0, 0.05) is 57.6 Å². The molecule has 0 aromatic carbocycles. The van der Waals surface area contributed by atoms with Gasteiger partial charge in [0.25, 0.3) is 0 Å². The van der Waals surface area contributed by atoms with E-state index in [9.17, 15) is 9.13 Å². The topological polar surface area (TPSA) is 124 Å². The minimum Gasteiger partial charge on any atom is -0.396 e. The Balaban J connectivity index is 0.000000280.